The Morgan fingerprint density at radius 3 is 2.41 bits per heavy atom. The molecule has 0 unspecified atom stereocenters. The molecule has 4 aromatic rings. The lowest BCUT2D eigenvalue weighted by Crippen LogP contribution is -2.49. The average Bonchev–Trinajstić information content (AvgIpc) is 3.30. The molecule has 1 aliphatic rings. The Bertz CT molecular complexity index is 1450. The molecule has 0 N–H and O–H groups in total. The number of piperazine rings is 1. The number of aryl methyl sites for hydroxylation is 1. The highest BCUT2D eigenvalue weighted by Gasteiger charge is 2.30. The molecule has 8 nitrogen and oxygen atoms in total. The maximum atomic E-state index is 13.1. The highest BCUT2D eigenvalue weighted by Crippen LogP contribution is 2.31. The van der Waals surface area contributed by atoms with Crippen LogP contribution in [0, 0.1) is 0 Å². The van der Waals surface area contributed by atoms with E-state index in [2.05, 4.69) is 15.1 Å². The van der Waals surface area contributed by atoms with Crippen LogP contribution in [0.25, 0.3) is 17.0 Å². The summed E-state index contributed by atoms with van der Waals surface area (Å²) in [5.41, 5.74) is 2.55. The zero-order valence-electron chi connectivity index (χ0n) is 18.4. The fourth-order valence-corrected chi connectivity index (χ4v) is 5.80. The first kappa shape index (κ1) is 23.0. The van der Waals surface area contributed by atoms with Gasteiger partial charge in [-0.1, -0.05) is 42.3 Å². The van der Waals surface area contributed by atoms with E-state index in [9.17, 15) is 8.42 Å². The molecule has 3 heterocycles. The molecule has 1 aliphatic heterocycles. The van der Waals surface area contributed by atoms with Gasteiger partial charge in [0.25, 0.3) is 5.78 Å². The average molecular weight is 517 g/mol. The summed E-state index contributed by atoms with van der Waals surface area (Å²) >= 11 is 12.6. The summed E-state index contributed by atoms with van der Waals surface area (Å²) in [6.07, 6.45) is 2.51. The topological polar surface area (TPSA) is 83.7 Å². The van der Waals surface area contributed by atoms with Crippen molar-refractivity contribution in [3.05, 3.63) is 70.3 Å². The van der Waals surface area contributed by atoms with Gasteiger partial charge >= 0.3 is 0 Å². The Morgan fingerprint density at radius 2 is 1.71 bits per heavy atom. The van der Waals surface area contributed by atoms with E-state index in [0.29, 0.717) is 58.5 Å². The SMILES string of the molecule is CCc1ccc(S(=O)(=O)N2CCN(c3nc4nccc(-c5cc(Cl)ccc5Cl)n4n3)CC2)cc1. The zero-order chi connectivity index (χ0) is 23.9. The summed E-state index contributed by atoms with van der Waals surface area (Å²) in [5, 5.41) is 5.75. The van der Waals surface area contributed by atoms with Crippen LogP contribution in [0.15, 0.2) is 59.6 Å². The second-order valence-electron chi connectivity index (χ2n) is 7.97. The maximum absolute atomic E-state index is 13.1. The third kappa shape index (κ3) is 4.24. The molecule has 1 fully saturated rings. The number of sulfonamides is 1. The summed E-state index contributed by atoms with van der Waals surface area (Å²) in [6, 6.07) is 14.1. The Balaban J connectivity index is 1.37. The molecule has 34 heavy (non-hydrogen) atoms. The zero-order valence-corrected chi connectivity index (χ0v) is 20.7. The Kier molecular flexibility index (Phi) is 6.20. The van der Waals surface area contributed by atoms with Crippen molar-refractivity contribution in [3.63, 3.8) is 0 Å². The van der Waals surface area contributed by atoms with Crippen LogP contribution in [0.2, 0.25) is 10.0 Å². The largest absolute Gasteiger partial charge is 0.337 e. The Morgan fingerprint density at radius 1 is 0.971 bits per heavy atom. The monoisotopic (exact) mass is 516 g/mol. The molecule has 0 radical (unpaired) electrons. The van der Waals surface area contributed by atoms with E-state index in [1.54, 1.807) is 47.1 Å². The normalized spacial score (nSPS) is 15.2. The van der Waals surface area contributed by atoms with E-state index in [1.807, 2.05) is 24.0 Å². The molecule has 176 valence electrons. The van der Waals surface area contributed by atoms with E-state index in [-0.39, 0.29) is 0 Å². The number of fused-ring (bicyclic) bond motifs is 1. The van der Waals surface area contributed by atoms with Crippen molar-refractivity contribution in [1.82, 2.24) is 23.9 Å². The number of rotatable bonds is 5. The van der Waals surface area contributed by atoms with Crippen LogP contribution in [0.1, 0.15) is 12.5 Å². The predicted molar refractivity (Wildman–Crippen MR) is 133 cm³/mol. The molecule has 0 spiro atoms. The highest BCUT2D eigenvalue weighted by molar-refractivity contribution is 7.89. The van der Waals surface area contributed by atoms with Crippen LogP contribution in [0.5, 0.6) is 0 Å². The van der Waals surface area contributed by atoms with Crippen molar-refractivity contribution in [3.8, 4) is 11.3 Å². The number of aromatic nitrogens is 4. The molecule has 0 aliphatic carbocycles. The van der Waals surface area contributed by atoms with Gasteiger partial charge < -0.3 is 4.90 Å². The van der Waals surface area contributed by atoms with Gasteiger partial charge in [0.15, 0.2) is 0 Å². The van der Waals surface area contributed by atoms with Gasteiger partial charge in [-0.2, -0.15) is 13.8 Å². The summed E-state index contributed by atoms with van der Waals surface area (Å²) in [6.45, 7) is 3.66. The van der Waals surface area contributed by atoms with Crippen molar-refractivity contribution in [2.24, 2.45) is 0 Å². The molecule has 2 aromatic carbocycles. The first-order chi connectivity index (χ1) is 16.4. The summed E-state index contributed by atoms with van der Waals surface area (Å²) in [5.74, 6) is 0.914. The molecule has 11 heteroatoms. The van der Waals surface area contributed by atoms with Crippen LogP contribution in [0.4, 0.5) is 5.95 Å². The molecule has 0 saturated carbocycles. The second kappa shape index (κ2) is 9.14. The van der Waals surface area contributed by atoms with E-state index in [0.717, 1.165) is 17.5 Å². The highest BCUT2D eigenvalue weighted by atomic mass is 35.5. The van der Waals surface area contributed by atoms with E-state index < -0.39 is 10.0 Å². The third-order valence-corrected chi connectivity index (χ3v) is 8.40. The lowest BCUT2D eigenvalue weighted by atomic mass is 10.1. The molecule has 1 saturated heterocycles. The van der Waals surface area contributed by atoms with Gasteiger partial charge in [-0.25, -0.2) is 13.4 Å². The quantitative estimate of drug-likeness (QED) is 0.395. The third-order valence-electron chi connectivity index (χ3n) is 5.92. The van der Waals surface area contributed by atoms with Crippen molar-refractivity contribution >= 4 is 45.0 Å². The molecule has 2 aromatic heterocycles. The minimum atomic E-state index is -3.55. The number of anilines is 1. The van der Waals surface area contributed by atoms with Gasteiger partial charge in [-0.15, -0.1) is 5.10 Å². The van der Waals surface area contributed by atoms with Gasteiger partial charge in [0, 0.05) is 43.0 Å². The van der Waals surface area contributed by atoms with Crippen molar-refractivity contribution in [2.45, 2.75) is 18.2 Å². The summed E-state index contributed by atoms with van der Waals surface area (Å²) < 4.78 is 29.3. The number of hydrogen-bond acceptors (Lipinski definition) is 6. The van der Waals surface area contributed by atoms with Crippen LogP contribution in [-0.4, -0.2) is 58.5 Å². The van der Waals surface area contributed by atoms with E-state index >= 15 is 0 Å². The summed E-state index contributed by atoms with van der Waals surface area (Å²) in [4.78, 5) is 11.2. The number of benzene rings is 2. The molecule has 0 amide bonds. The Labute approximate surface area is 207 Å². The number of nitrogens with zero attached hydrogens (tertiary/aromatic N) is 6. The lowest BCUT2D eigenvalue weighted by molar-refractivity contribution is 0.382. The fourth-order valence-electron chi connectivity index (χ4n) is 3.99. The van der Waals surface area contributed by atoms with Gasteiger partial charge in [-0.05, 0) is 48.4 Å². The summed E-state index contributed by atoms with van der Waals surface area (Å²) in [7, 11) is -3.55. The minimum absolute atomic E-state index is 0.316. The Hall–Kier alpha value is -2.72. The first-order valence-corrected chi connectivity index (χ1v) is 13.1. The molecular weight excluding hydrogens is 495 g/mol. The number of hydrogen-bond donors (Lipinski definition) is 0. The van der Waals surface area contributed by atoms with Gasteiger partial charge in [0.2, 0.25) is 16.0 Å². The van der Waals surface area contributed by atoms with E-state index in [1.165, 1.54) is 4.31 Å². The van der Waals surface area contributed by atoms with Crippen LogP contribution in [0.3, 0.4) is 0 Å². The van der Waals surface area contributed by atoms with Gasteiger partial charge in [0.1, 0.15) is 0 Å². The van der Waals surface area contributed by atoms with Crippen molar-refractivity contribution in [1.29, 1.82) is 0 Å². The molecule has 0 atom stereocenters. The van der Waals surface area contributed by atoms with Crippen LogP contribution < -0.4 is 4.90 Å². The second-order valence-corrected chi connectivity index (χ2v) is 10.7. The van der Waals surface area contributed by atoms with Crippen LogP contribution in [-0.2, 0) is 16.4 Å². The smallest absolute Gasteiger partial charge is 0.254 e. The number of halogens is 2. The van der Waals surface area contributed by atoms with Gasteiger partial charge in [-0.3, -0.25) is 0 Å². The van der Waals surface area contributed by atoms with Crippen molar-refractivity contribution < 1.29 is 8.42 Å². The molecule has 0 bridgehead atoms. The maximum Gasteiger partial charge on any atom is 0.254 e. The fraction of sp³-hybridized carbons (Fsp3) is 0.261. The first-order valence-electron chi connectivity index (χ1n) is 10.9. The van der Waals surface area contributed by atoms with Crippen LogP contribution >= 0.6 is 23.2 Å². The predicted octanol–water partition coefficient (Wildman–Crippen LogP) is 4.17. The van der Waals surface area contributed by atoms with E-state index in [4.69, 9.17) is 23.2 Å². The molecular formula is C23H22Cl2N6O2S. The standard InChI is InChI=1S/C23H22Cl2N6O2S/c1-2-16-3-6-18(7-4-16)34(32,33)30-13-11-29(12-14-30)23-27-22-26-10-9-21(31(22)28-23)19-15-17(24)5-8-20(19)25/h3-10,15H,2,11-14H2,1H3. The molecule has 5 rings (SSSR count). The minimum Gasteiger partial charge on any atom is -0.337 e. The lowest BCUT2D eigenvalue weighted by Gasteiger charge is -2.33. The van der Waals surface area contributed by atoms with Crippen molar-refractivity contribution in [2.75, 3.05) is 31.1 Å². The van der Waals surface area contributed by atoms with Gasteiger partial charge in [0.05, 0.1) is 15.6 Å².